The van der Waals surface area contributed by atoms with Gasteiger partial charge in [0.05, 0.1) is 0 Å². The SMILES string of the molecule is Cc1cc2nnc(CCC(CCN)C(C)(C)C)n2cn1. The quantitative estimate of drug-likeness (QED) is 0.909. The third kappa shape index (κ3) is 3.33. The van der Waals surface area contributed by atoms with E-state index in [2.05, 4.69) is 36.0 Å². The molecule has 2 heterocycles. The van der Waals surface area contributed by atoms with Crippen LogP contribution in [0.1, 0.15) is 45.1 Å². The van der Waals surface area contributed by atoms with Crippen molar-refractivity contribution in [1.29, 1.82) is 0 Å². The first-order valence-electron chi connectivity index (χ1n) is 7.28. The second-order valence-electron chi connectivity index (χ2n) is 6.55. The molecule has 0 bridgehead atoms. The molecule has 0 amide bonds. The van der Waals surface area contributed by atoms with Crippen LogP contribution >= 0.6 is 0 Å². The topological polar surface area (TPSA) is 69.1 Å². The van der Waals surface area contributed by atoms with Crippen LogP contribution in [-0.2, 0) is 6.42 Å². The zero-order valence-corrected chi connectivity index (χ0v) is 12.9. The molecule has 2 aromatic rings. The number of aryl methyl sites for hydroxylation is 2. The number of fused-ring (bicyclic) bond motifs is 1. The van der Waals surface area contributed by atoms with E-state index in [1.165, 1.54) is 0 Å². The lowest BCUT2D eigenvalue weighted by Gasteiger charge is -2.30. The number of aromatic nitrogens is 4. The van der Waals surface area contributed by atoms with Crippen LogP contribution in [0, 0.1) is 18.3 Å². The Hall–Kier alpha value is -1.49. The van der Waals surface area contributed by atoms with E-state index in [0.717, 1.165) is 43.0 Å². The van der Waals surface area contributed by atoms with Crippen molar-refractivity contribution in [3.63, 3.8) is 0 Å². The summed E-state index contributed by atoms with van der Waals surface area (Å²) in [7, 11) is 0. The Morgan fingerprint density at radius 3 is 2.65 bits per heavy atom. The zero-order valence-electron chi connectivity index (χ0n) is 12.9. The molecule has 0 aliphatic carbocycles. The van der Waals surface area contributed by atoms with Crippen LogP contribution in [0.2, 0.25) is 0 Å². The highest BCUT2D eigenvalue weighted by Gasteiger charge is 2.24. The van der Waals surface area contributed by atoms with Gasteiger partial charge in [-0.2, -0.15) is 0 Å². The van der Waals surface area contributed by atoms with Crippen molar-refractivity contribution in [2.24, 2.45) is 17.1 Å². The van der Waals surface area contributed by atoms with Crippen molar-refractivity contribution in [3.05, 3.63) is 23.9 Å². The third-order valence-electron chi connectivity index (χ3n) is 3.96. The van der Waals surface area contributed by atoms with E-state index in [0.29, 0.717) is 5.92 Å². The summed E-state index contributed by atoms with van der Waals surface area (Å²) in [4.78, 5) is 4.32. The maximum atomic E-state index is 5.74. The molecule has 2 aromatic heterocycles. The molecule has 0 aliphatic heterocycles. The van der Waals surface area contributed by atoms with Gasteiger partial charge in [0.15, 0.2) is 5.65 Å². The average Bonchev–Trinajstić information content (AvgIpc) is 2.75. The van der Waals surface area contributed by atoms with Gasteiger partial charge in [-0.05, 0) is 37.6 Å². The third-order valence-corrected chi connectivity index (χ3v) is 3.96. The van der Waals surface area contributed by atoms with Crippen LogP contribution in [0.25, 0.3) is 5.65 Å². The molecule has 0 saturated heterocycles. The summed E-state index contributed by atoms with van der Waals surface area (Å²) in [5, 5.41) is 8.51. The molecule has 0 radical (unpaired) electrons. The maximum Gasteiger partial charge on any atom is 0.163 e. The highest BCUT2D eigenvalue weighted by Crippen LogP contribution is 2.32. The summed E-state index contributed by atoms with van der Waals surface area (Å²) in [6, 6.07) is 1.96. The molecule has 0 saturated carbocycles. The van der Waals surface area contributed by atoms with E-state index in [4.69, 9.17) is 5.73 Å². The lowest BCUT2D eigenvalue weighted by molar-refractivity contribution is 0.214. The minimum Gasteiger partial charge on any atom is -0.330 e. The lowest BCUT2D eigenvalue weighted by atomic mass is 9.76. The van der Waals surface area contributed by atoms with Crippen LogP contribution < -0.4 is 5.73 Å². The van der Waals surface area contributed by atoms with E-state index >= 15 is 0 Å². The molecule has 5 nitrogen and oxygen atoms in total. The van der Waals surface area contributed by atoms with Crippen molar-refractivity contribution in [3.8, 4) is 0 Å². The molecule has 2 rings (SSSR count). The minimum atomic E-state index is 0.273. The summed E-state index contributed by atoms with van der Waals surface area (Å²) >= 11 is 0. The number of rotatable bonds is 5. The van der Waals surface area contributed by atoms with Gasteiger partial charge >= 0.3 is 0 Å². The van der Waals surface area contributed by atoms with Crippen molar-refractivity contribution in [1.82, 2.24) is 19.6 Å². The van der Waals surface area contributed by atoms with Crippen molar-refractivity contribution in [2.75, 3.05) is 6.54 Å². The summed E-state index contributed by atoms with van der Waals surface area (Å²) in [5.41, 5.74) is 7.85. The fourth-order valence-electron chi connectivity index (χ4n) is 2.62. The Bertz CT molecular complexity index is 567. The Kier molecular flexibility index (Phi) is 4.38. The van der Waals surface area contributed by atoms with Crippen molar-refractivity contribution >= 4 is 5.65 Å². The van der Waals surface area contributed by atoms with E-state index in [-0.39, 0.29) is 5.41 Å². The van der Waals surface area contributed by atoms with E-state index in [1.54, 1.807) is 0 Å². The van der Waals surface area contributed by atoms with Crippen molar-refractivity contribution < 1.29 is 0 Å². The molecule has 0 aliphatic rings. The molecule has 0 spiro atoms. The smallest absolute Gasteiger partial charge is 0.163 e. The maximum absolute atomic E-state index is 5.74. The largest absolute Gasteiger partial charge is 0.330 e. The van der Waals surface area contributed by atoms with Crippen molar-refractivity contribution in [2.45, 2.75) is 47.0 Å². The Morgan fingerprint density at radius 2 is 2.00 bits per heavy atom. The van der Waals surface area contributed by atoms with Gasteiger partial charge in [-0.25, -0.2) is 4.98 Å². The number of nitrogens with two attached hydrogens (primary N) is 1. The molecule has 0 fully saturated rings. The summed E-state index contributed by atoms with van der Waals surface area (Å²) in [6.07, 6.45) is 4.86. The number of hydrogen-bond acceptors (Lipinski definition) is 4. The van der Waals surface area contributed by atoms with Crippen LogP contribution in [0.4, 0.5) is 0 Å². The normalized spacial score (nSPS) is 13.8. The summed E-state index contributed by atoms with van der Waals surface area (Å²) in [5.74, 6) is 1.58. The monoisotopic (exact) mass is 275 g/mol. The Morgan fingerprint density at radius 1 is 1.25 bits per heavy atom. The first-order valence-corrected chi connectivity index (χ1v) is 7.28. The Balaban J connectivity index is 2.12. The van der Waals surface area contributed by atoms with Crippen LogP contribution in [-0.4, -0.2) is 26.1 Å². The van der Waals surface area contributed by atoms with E-state index in [9.17, 15) is 0 Å². The molecular formula is C15H25N5. The molecule has 5 heteroatoms. The highest BCUT2D eigenvalue weighted by molar-refractivity contribution is 5.37. The number of nitrogens with zero attached hydrogens (tertiary/aromatic N) is 4. The molecule has 20 heavy (non-hydrogen) atoms. The fraction of sp³-hybridized carbons (Fsp3) is 0.667. The van der Waals surface area contributed by atoms with Gasteiger partial charge in [0, 0.05) is 18.2 Å². The predicted octanol–water partition coefficient (Wildman–Crippen LogP) is 2.38. The van der Waals surface area contributed by atoms with Gasteiger partial charge in [0.1, 0.15) is 12.2 Å². The predicted molar refractivity (Wildman–Crippen MR) is 80.5 cm³/mol. The summed E-state index contributed by atoms with van der Waals surface area (Å²) in [6.45, 7) is 9.54. The number of hydrogen-bond donors (Lipinski definition) is 1. The zero-order chi connectivity index (χ0) is 14.8. The van der Waals surface area contributed by atoms with Crippen LogP contribution in [0.3, 0.4) is 0 Å². The molecule has 110 valence electrons. The molecule has 1 atom stereocenters. The fourth-order valence-corrected chi connectivity index (χ4v) is 2.62. The van der Waals surface area contributed by atoms with Gasteiger partial charge in [-0.1, -0.05) is 20.8 Å². The van der Waals surface area contributed by atoms with Gasteiger partial charge in [-0.3, -0.25) is 4.40 Å². The van der Waals surface area contributed by atoms with Crippen LogP contribution in [0.5, 0.6) is 0 Å². The Labute approximate surface area is 120 Å². The second kappa shape index (κ2) is 5.87. The van der Waals surface area contributed by atoms with E-state index < -0.39 is 0 Å². The average molecular weight is 275 g/mol. The standard InChI is InChI=1S/C15H25N5/c1-11-9-14-19-18-13(20(14)10-17-11)6-5-12(7-8-16)15(2,3)4/h9-10,12H,5-8,16H2,1-4H3. The molecule has 1 unspecified atom stereocenters. The lowest BCUT2D eigenvalue weighted by Crippen LogP contribution is -2.24. The molecular weight excluding hydrogens is 250 g/mol. The molecule has 2 N–H and O–H groups in total. The molecule has 0 aromatic carbocycles. The van der Waals surface area contributed by atoms with Gasteiger partial charge < -0.3 is 5.73 Å². The highest BCUT2D eigenvalue weighted by atomic mass is 15.3. The minimum absolute atomic E-state index is 0.273. The summed E-state index contributed by atoms with van der Waals surface area (Å²) < 4.78 is 1.98. The van der Waals surface area contributed by atoms with Gasteiger partial charge in [0.2, 0.25) is 0 Å². The second-order valence-corrected chi connectivity index (χ2v) is 6.55. The first kappa shape index (κ1) is 14.9. The van der Waals surface area contributed by atoms with Gasteiger partial charge in [-0.15, -0.1) is 10.2 Å². The first-order chi connectivity index (χ1) is 9.41. The van der Waals surface area contributed by atoms with Crippen LogP contribution in [0.15, 0.2) is 12.4 Å². The van der Waals surface area contributed by atoms with E-state index in [1.807, 2.05) is 23.7 Å². The van der Waals surface area contributed by atoms with Gasteiger partial charge in [0.25, 0.3) is 0 Å².